The Hall–Kier alpha value is -3.92. The van der Waals surface area contributed by atoms with Crippen LogP contribution in [0.15, 0.2) is 47.9 Å². The fraction of sp³-hybridized carbons (Fsp3) is 0.655. The first kappa shape index (κ1) is 78.2. The first-order chi connectivity index (χ1) is 48.5. The second-order valence-electron chi connectivity index (χ2n) is 29.6. The summed E-state index contributed by atoms with van der Waals surface area (Å²) in [4.78, 5) is 104. The van der Waals surface area contributed by atoms with Crippen LogP contribution in [-0.4, -0.2) is 200 Å². The lowest BCUT2D eigenvalue weighted by Gasteiger charge is -2.41. The molecule has 7 N–H and O–H groups in total. The predicted octanol–water partition coefficient (Wildman–Crippen LogP) is 8.18. The van der Waals surface area contributed by atoms with Crippen molar-refractivity contribution in [2.45, 2.75) is 204 Å². The highest BCUT2D eigenvalue weighted by Gasteiger charge is 2.59. The maximum absolute atomic E-state index is 14.1. The molecule has 0 aliphatic carbocycles. The van der Waals surface area contributed by atoms with E-state index in [1.807, 2.05) is 47.0 Å². The van der Waals surface area contributed by atoms with Crippen molar-refractivity contribution in [2.75, 3.05) is 26.4 Å². The molecule has 0 spiro atoms. The summed E-state index contributed by atoms with van der Waals surface area (Å²) in [7, 11) is -5.25. The van der Waals surface area contributed by atoms with E-state index in [0.29, 0.717) is 33.7 Å². The van der Waals surface area contributed by atoms with Crippen LogP contribution >= 0.6 is 39.2 Å². The number of rotatable bonds is 8. The number of imidazole rings is 4. The number of fused-ring (bicyclic) bond motifs is 10. The molecule has 0 radical (unpaired) electrons. The van der Waals surface area contributed by atoms with Gasteiger partial charge in [-0.2, -0.15) is 0 Å². The third-order valence-corrected chi connectivity index (χ3v) is 35.7. The normalized spacial score (nSPS) is 36.1. The zero-order valence-corrected chi connectivity index (χ0v) is 68.0. The van der Waals surface area contributed by atoms with E-state index in [1.165, 1.54) is 36.2 Å². The van der Waals surface area contributed by atoms with Gasteiger partial charge < -0.3 is 72.0 Å². The molecule has 568 valence electrons. The molecule has 6 aromatic rings. The minimum absolute atomic E-state index is 0.0663. The molecule has 14 heterocycles. The number of hydrogen-bond donors (Lipinski definition) is 6. The Kier molecular flexibility index (Phi) is 21.6. The van der Waals surface area contributed by atoms with Crippen molar-refractivity contribution in [1.82, 2.24) is 58.1 Å². The molecule has 8 aliphatic rings. The van der Waals surface area contributed by atoms with Gasteiger partial charge in [-0.1, -0.05) is 67.6 Å². The van der Waals surface area contributed by atoms with E-state index < -0.39 is 148 Å². The Labute approximate surface area is 620 Å². The van der Waals surface area contributed by atoms with Gasteiger partial charge in [-0.15, -0.1) is 0 Å². The van der Waals surface area contributed by atoms with Gasteiger partial charge in [0.1, 0.15) is 84.2 Å². The van der Waals surface area contributed by atoms with Gasteiger partial charge in [0.15, 0.2) is 87.4 Å². The molecule has 4 unspecified atom stereocenters. The van der Waals surface area contributed by atoms with Crippen molar-refractivity contribution >= 4 is 148 Å². The number of ether oxygens (including phenoxy) is 4. The van der Waals surface area contributed by atoms with Crippen LogP contribution in [0.5, 0.6) is 0 Å². The molecule has 6 aromatic heterocycles. The maximum Gasteiger partial charge on any atom is 0.386 e. The van der Waals surface area contributed by atoms with E-state index in [2.05, 4.69) is 104 Å². The van der Waals surface area contributed by atoms with Gasteiger partial charge in [0.25, 0.3) is 0 Å². The summed E-state index contributed by atoms with van der Waals surface area (Å²) >= 11 is 21.1. The average molecular weight is 1630 g/mol. The molecule has 8 aliphatic heterocycles. The van der Waals surface area contributed by atoms with Gasteiger partial charge in [-0.05, 0) is 85.5 Å². The average Bonchev–Trinajstić information content (AvgIpc) is 1.60. The Morgan fingerprint density at radius 3 is 1.26 bits per heavy atom. The lowest BCUT2D eigenvalue weighted by atomic mass is 10.0. The zero-order chi connectivity index (χ0) is 75.1. The standard InChI is InChI=1S/2C29H42N8O10P2S2Si/c2*1-14-17-9-41-49(40,51)46-23-18(10-42-48(39,50)45-22(14)27(43-17)36-12-33-20-15(2)31-11-32-25(20)36)44-28(24(23)47-52(6,7)29(3,4)5)37-13-34-21-16(38)8-19(30)35-26(21)37/h2*11-14,17-18,22-24,27-28H,8-10H2,1-7H3,(H2,30,35)(H,39,50)(H,40,51)/t2*14-,17-,18-,22-,23-,24-,27-,28-,48?,49?/m11/s1. The smallest absolute Gasteiger partial charge is 0.386 e. The van der Waals surface area contributed by atoms with Crippen LogP contribution in [0.4, 0.5) is 11.6 Å². The van der Waals surface area contributed by atoms with E-state index in [9.17, 15) is 28.8 Å². The summed E-state index contributed by atoms with van der Waals surface area (Å²) in [5.74, 6) is -0.906. The van der Waals surface area contributed by atoms with Crippen molar-refractivity contribution in [3.05, 3.63) is 60.7 Å². The van der Waals surface area contributed by atoms with Crippen LogP contribution in [-0.2, 0) is 104 Å². The van der Waals surface area contributed by atoms with Crippen molar-refractivity contribution in [3.8, 4) is 0 Å². The third kappa shape index (κ3) is 15.5. The summed E-state index contributed by atoms with van der Waals surface area (Å²) in [6, 6.07) is 0. The fourth-order valence-corrected chi connectivity index (χ4v) is 21.2. The lowest BCUT2D eigenvalue weighted by molar-refractivity contribution is -0.0605. The molecule has 0 aromatic carbocycles. The SMILES string of the molecule is Cc1ncnc2c1ncn2[C@@H]1O[C@@H]2COP(O)(=S)O[C@H]3[C@@H](O[Si](C)(C)C(C)(C)C)[C@H](n4cnc5c4N=C(N)CC5=O)O[C@@H]3COP(=O)(S)O[C@@H]1[C@@H]2C.Cc1ncnc2c1ncn2[C@@H]1O[C@@H]2COP(O)(=S)O[C@H]3[C@@H](O[Si](C)(C)C(C)(C)C)[C@H](n4cnc5c4N=C(N)CC5=O)O[C@@H]3COP(O)(=S)O[C@@H]1[C@@H]2C. The molecular weight excluding hydrogens is 1550 g/mol. The van der Waals surface area contributed by atoms with Gasteiger partial charge in [0.05, 0.1) is 88.2 Å². The Bertz CT molecular complexity index is 4330. The molecule has 46 heteroatoms. The molecule has 104 heavy (non-hydrogen) atoms. The van der Waals surface area contributed by atoms with Crippen LogP contribution in [0.1, 0.15) is 126 Å². The minimum Gasteiger partial charge on any atom is -0.407 e. The van der Waals surface area contributed by atoms with E-state index in [1.54, 1.807) is 27.0 Å². The molecule has 36 nitrogen and oxygen atoms in total. The van der Waals surface area contributed by atoms with E-state index in [4.69, 9.17) is 111 Å². The molecular formula is C58H84N16O20P4S4Si2. The highest BCUT2D eigenvalue weighted by Crippen LogP contribution is 2.61. The summed E-state index contributed by atoms with van der Waals surface area (Å²) < 4.78 is 109. The topological polar surface area (TPSA) is 441 Å². The second-order valence-corrected chi connectivity index (χ2v) is 50.4. The van der Waals surface area contributed by atoms with Gasteiger partial charge >= 0.3 is 27.0 Å². The van der Waals surface area contributed by atoms with Crippen molar-refractivity contribution in [3.63, 3.8) is 0 Å². The third-order valence-electron chi connectivity index (χ3n) is 20.5. The number of aliphatic imine (C=N–C) groups is 2. The molecule has 6 fully saturated rings. The van der Waals surface area contributed by atoms with Crippen molar-refractivity contribution in [2.24, 2.45) is 33.3 Å². The monoisotopic (exact) mass is 1630 g/mol. The minimum atomic E-state index is -4.17. The molecule has 4 bridgehead atoms. The van der Waals surface area contributed by atoms with Gasteiger partial charge in [-0.3, -0.25) is 46.0 Å². The van der Waals surface area contributed by atoms with E-state index in [0.717, 1.165) is 0 Å². The van der Waals surface area contributed by atoms with Crippen LogP contribution in [0.3, 0.4) is 0 Å². The molecule has 6 saturated heterocycles. The largest absolute Gasteiger partial charge is 0.407 e. The van der Waals surface area contributed by atoms with Crippen LogP contribution < -0.4 is 11.5 Å². The Morgan fingerprint density at radius 1 is 0.519 bits per heavy atom. The number of nitrogens with two attached hydrogens (primary N) is 2. The highest BCUT2D eigenvalue weighted by molar-refractivity contribution is 8.44. The lowest BCUT2D eigenvalue weighted by Crippen LogP contribution is -2.49. The summed E-state index contributed by atoms with van der Waals surface area (Å²) in [6.45, 7) is 10.4. The highest BCUT2D eigenvalue weighted by atomic mass is 32.7. The Balaban J connectivity index is 0.000000185. The number of ketones is 2. The number of thiol groups is 1. The number of aromatic nitrogens is 12. The second kappa shape index (κ2) is 28.8. The maximum atomic E-state index is 14.1. The van der Waals surface area contributed by atoms with Crippen LogP contribution in [0, 0.1) is 25.7 Å². The number of carbonyl (C=O) groups excluding carboxylic acids is 2. The number of Topliss-reactive ketones (excluding diaryl/α,β-unsaturated/α-hetero) is 2. The molecule has 14 rings (SSSR count). The van der Waals surface area contributed by atoms with Gasteiger partial charge in [0, 0.05) is 11.8 Å². The van der Waals surface area contributed by atoms with Crippen molar-refractivity contribution < 1.29 is 92.8 Å². The first-order valence-corrected chi connectivity index (χ1v) is 49.5. The van der Waals surface area contributed by atoms with Crippen molar-refractivity contribution in [1.29, 1.82) is 0 Å². The first-order valence-electron chi connectivity index (χ1n) is 33.3. The van der Waals surface area contributed by atoms with Gasteiger partial charge in [0.2, 0.25) is 0 Å². The number of amidine groups is 2. The number of hydrogen-bond acceptors (Lipinski definition) is 32. The molecule has 0 amide bonds. The number of carbonyl (C=O) groups is 2. The number of nitrogens with zero attached hydrogens (tertiary/aromatic N) is 14. The van der Waals surface area contributed by atoms with Crippen LogP contribution in [0.25, 0.3) is 22.3 Å². The molecule has 20 atom stereocenters. The summed E-state index contributed by atoms with van der Waals surface area (Å²) in [6.07, 6.45) is -4.68. The number of aryl methyl sites for hydroxylation is 2. The summed E-state index contributed by atoms with van der Waals surface area (Å²) in [5.41, 5.74) is 15.7. The summed E-state index contributed by atoms with van der Waals surface area (Å²) in [5, 5.41) is -0.547. The fourth-order valence-electron chi connectivity index (χ4n) is 12.8. The Morgan fingerprint density at radius 2 is 0.865 bits per heavy atom. The van der Waals surface area contributed by atoms with Crippen LogP contribution in [0.2, 0.25) is 36.3 Å². The zero-order valence-electron chi connectivity index (χ0n) is 59.1. The van der Waals surface area contributed by atoms with E-state index >= 15 is 0 Å². The molecule has 0 saturated carbocycles. The quantitative estimate of drug-likeness (QED) is 0.0475. The predicted molar refractivity (Wildman–Crippen MR) is 393 cm³/mol. The van der Waals surface area contributed by atoms with E-state index in [-0.39, 0.29) is 89.0 Å². The van der Waals surface area contributed by atoms with Gasteiger partial charge in [-0.25, -0.2) is 54.4 Å².